The van der Waals surface area contributed by atoms with Crippen molar-refractivity contribution in [3.05, 3.63) is 0 Å². The standard InChI is InChI=1S/C16H34N2O/c1-4-16-7-5-11-18(12-8-16)13-10-17-9-6-14-19-15(2)3/h15-17H,4-14H2,1-3H3. The molecule has 3 heteroatoms. The molecule has 19 heavy (non-hydrogen) atoms. The Morgan fingerprint density at radius 3 is 2.79 bits per heavy atom. The monoisotopic (exact) mass is 270 g/mol. The van der Waals surface area contributed by atoms with Crippen LogP contribution in [0.5, 0.6) is 0 Å². The van der Waals surface area contributed by atoms with Gasteiger partial charge in [-0.05, 0) is 65.1 Å². The van der Waals surface area contributed by atoms with Crippen molar-refractivity contribution in [3.63, 3.8) is 0 Å². The number of hydrogen-bond acceptors (Lipinski definition) is 3. The number of likely N-dealkylation sites (tertiary alicyclic amines) is 1. The van der Waals surface area contributed by atoms with E-state index >= 15 is 0 Å². The van der Waals surface area contributed by atoms with Gasteiger partial charge in [0.1, 0.15) is 0 Å². The number of hydrogen-bond donors (Lipinski definition) is 1. The zero-order valence-corrected chi connectivity index (χ0v) is 13.3. The highest BCUT2D eigenvalue weighted by molar-refractivity contribution is 4.69. The highest BCUT2D eigenvalue weighted by atomic mass is 16.5. The van der Waals surface area contributed by atoms with Crippen molar-refractivity contribution in [2.24, 2.45) is 5.92 Å². The minimum atomic E-state index is 0.364. The van der Waals surface area contributed by atoms with E-state index in [2.05, 4.69) is 31.0 Å². The van der Waals surface area contributed by atoms with Crippen LogP contribution in [0.4, 0.5) is 0 Å². The Balaban J connectivity index is 1.94. The molecule has 0 aromatic rings. The van der Waals surface area contributed by atoms with Crippen molar-refractivity contribution < 1.29 is 4.74 Å². The van der Waals surface area contributed by atoms with Crippen LogP contribution in [-0.2, 0) is 4.74 Å². The summed E-state index contributed by atoms with van der Waals surface area (Å²) in [7, 11) is 0. The number of nitrogens with one attached hydrogen (secondary N) is 1. The average molecular weight is 270 g/mol. The Bertz CT molecular complexity index is 209. The molecule has 1 rings (SSSR count). The lowest BCUT2D eigenvalue weighted by molar-refractivity contribution is 0.0770. The van der Waals surface area contributed by atoms with Crippen LogP contribution in [0.15, 0.2) is 0 Å². The zero-order chi connectivity index (χ0) is 13.9. The zero-order valence-electron chi connectivity index (χ0n) is 13.3. The number of nitrogens with zero attached hydrogens (tertiary/aromatic N) is 1. The van der Waals surface area contributed by atoms with E-state index in [0.717, 1.165) is 32.0 Å². The molecule has 1 unspecified atom stereocenters. The molecular weight excluding hydrogens is 236 g/mol. The SMILES string of the molecule is CCC1CCCN(CCNCCCOC(C)C)CC1. The fourth-order valence-electron chi connectivity index (χ4n) is 2.74. The topological polar surface area (TPSA) is 24.5 Å². The predicted molar refractivity (Wildman–Crippen MR) is 82.6 cm³/mol. The van der Waals surface area contributed by atoms with Crippen LogP contribution >= 0.6 is 0 Å². The Hall–Kier alpha value is -0.120. The number of rotatable bonds is 9. The molecule has 0 aromatic carbocycles. The van der Waals surface area contributed by atoms with Gasteiger partial charge in [-0.2, -0.15) is 0 Å². The van der Waals surface area contributed by atoms with E-state index in [1.165, 1.54) is 45.3 Å². The van der Waals surface area contributed by atoms with Crippen LogP contribution < -0.4 is 5.32 Å². The average Bonchev–Trinajstić information content (AvgIpc) is 2.62. The van der Waals surface area contributed by atoms with Crippen LogP contribution in [-0.4, -0.2) is 50.3 Å². The minimum Gasteiger partial charge on any atom is -0.379 e. The lowest BCUT2D eigenvalue weighted by atomic mass is 9.98. The summed E-state index contributed by atoms with van der Waals surface area (Å²) < 4.78 is 5.53. The molecule has 0 bridgehead atoms. The van der Waals surface area contributed by atoms with E-state index in [-0.39, 0.29) is 0 Å². The molecule has 1 aliphatic rings. The van der Waals surface area contributed by atoms with Gasteiger partial charge in [-0.25, -0.2) is 0 Å². The Labute approximate surface area is 120 Å². The fourth-order valence-corrected chi connectivity index (χ4v) is 2.74. The summed E-state index contributed by atoms with van der Waals surface area (Å²) in [4.78, 5) is 2.63. The first-order chi connectivity index (χ1) is 9.22. The third-order valence-corrected chi connectivity index (χ3v) is 4.07. The van der Waals surface area contributed by atoms with Crippen molar-refractivity contribution in [1.82, 2.24) is 10.2 Å². The molecule has 0 aromatic heterocycles. The summed E-state index contributed by atoms with van der Waals surface area (Å²) in [5.41, 5.74) is 0. The summed E-state index contributed by atoms with van der Waals surface area (Å²) in [6.45, 7) is 13.4. The van der Waals surface area contributed by atoms with Gasteiger partial charge in [-0.3, -0.25) is 0 Å². The van der Waals surface area contributed by atoms with Crippen LogP contribution in [0.1, 0.15) is 52.9 Å². The molecule has 1 atom stereocenters. The Morgan fingerprint density at radius 1 is 1.21 bits per heavy atom. The molecule has 114 valence electrons. The first-order valence-corrected chi connectivity index (χ1v) is 8.27. The second-order valence-corrected chi connectivity index (χ2v) is 6.07. The quantitative estimate of drug-likeness (QED) is 0.652. The van der Waals surface area contributed by atoms with Gasteiger partial charge in [-0.15, -0.1) is 0 Å². The van der Waals surface area contributed by atoms with Crippen LogP contribution in [0.25, 0.3) is 0 Å². The van der Waals surface area contributed by atoms with Crippen molar-refractivity contribution in [2.75, 3.05) is 39.3 Å². The van der Waals surface area contributed by atoms with E-state index in [9.17, 15) is 0 Å². The minimum absolute atomic E-state index is 0.364. The van der Waals surface area contributed by atoms with Crippen molar-refractivity contribution in [1.29, 1.82) is 0 Å². The van der Waals surface area contributed by atoms with Crippen LogP contribution in [0.3, 0.4) is 0 Å². The molecule has 1 fully saturated rings. The molecule has 0 aliphatic carbocycles. The molecule has 0 spiro atoms. The van der Waals surface area contributed by atoms with E-state index in [1.54, 1.807) is 0 Å². The van der Waals surface area contributed by atoms with Gasteiger partial charge in [-0.1, -0.05) is 13.3 Å². The molecule has 1 N–H and O–H groups in total. The molecule has 0 amide bonds. The van der Waals surface area contributed by atoms with Gasteiger partial charge in [0.2, 0.25) is 0 Å². The van der Waals surface area contributed by atoms with E-state index in [0.29, 0.717) is 6.10 Å². The molecule has 3 nitrogen and oxygen atoms in total. The summed E-state index contributed by atoms with van der Waals surface area (Å²) in [6, 6.07) is 0. The largest absolute Gasteiger partial charge is 0.379 e. The van der Waals surface area contributed by atoms with Gasteiger partial charge in [0.25, 0.3) is 0 Å². The molecule has 0 radical (unpaired) electrons. The molecule has 1 heterocycles. The smallest absolute Gasteiger partial charge is 0.0518 e. The third kappa shape index (κ3) is 8.61. The van der Waals surface area contributed by atoms with E-state index < -0.39 is 0 Å². The van der Waals surface area contributed by atoms with Crippen molar-refractivity contribution in [3.8, 4) is 0 Å². The highest BCUT2D eigenvalue weighted by Crippen LogP contribution is 2.19. The lowest BCUT2D eigenvalue weighted by Crippen LogP contribution is -2.33. The third-order valence-electron chi connectivity index (χ3n) is 4.07. The maximum Gasteiger partial charge on any atom is 0.0518 e. The Morgan fingerprint density at radius 2 is 2.05 bits per heavy atom. The van der Waals surface area contributed by atoms with Crippen LogP contribution in [0, 0.1) is 5.92 Å². The Kier molecular flexibility index (Phi) is 9.48. The lowest BCUT2D eigenvalue weighted by Gasteiger charge is -2.20. The summed E-state index contributed by atoms with van der Waals surface area (Å²) in [5.74, 6) is 0.978. The number of ether oxygens (including phenoxy) is 1. The molecular formula is C16H34N2O. The van der Waals surface area contributed by atoms with E-state index in [4.69, 9.17) is 4.74 Å². The van der Waals surface area contributed by atoms with Gasteiger partial charge in [0, 0.05) is 19.7 Å². The molecule has 1 saturated heterocycles. The first kappa shape index (κ1) is 16.9. The molecule has 1 aliphatic heterocycles. The summed E-state index contributed by atoms with van der Waals surface area (Å²) in [5, 5.41) is 3.53. The predicted octanol–water partition coefficient (Wildman–Crippen LogP) is 2.90. The maximum atomic E-state index is 5.53. The summed E-state index contributed by atoms with van der Waals surface area (Å²) in [6.07, 6.45) is 7.08. The van der Waals surface area contributed by atoms with Crippen molar-refractivity contribution in [2.45, 2.75) is 59.0 Å². The maximum absolute atomic E-state index is 5.53. The second kappa shape index (κ2) is 10.6. The van der Waals surface area contributed by atoms with Crippen molar-refractivity contribution >= 4 is 0 Å². The van der Waals surface area contributed by atoms with Gasteiger partial charge >= 0.3 is 0 Å². The van der Waals surface area contributed by atoms with Gasteiger partial charge in [0.05, 0.1) is 6.10 Å². The fraction of sp³-hybridized carbons (Fsp3) is 1.00. The summed E-state index contributed by atoms with van der Waals surface area (Å²) >= 11 is 0. The second-order valence-electron chi connectivity index (χ2n) is 6.07. The van der Waals surface area contributed by atoms with Gasteiger partial charge in [0.15, 0.2) is 0 Å². The first-order valence-electron chi connectivity index (χ1n) is 8.27. The highest BCUT2D eigenvalue weighted by Gasteiger charge is 2.14. The van der Waals surface area contributed by atoms with E-state index in [1.807, 2.05) is 0 Å². The normalized spacial score (nSPS) is 21.8. The van der Waals surface area contributed by atoms with Crippen LogP contribution in [0.2, 0.25) is 0 Å². The van der Waals surface area contributed by atoms with Gasteiger partial charge < -0.3 is 15.0 Å². The molecule has 0 saturated carbocycles.